The molecule has 0 aliphatic heterocycles. The van der Waals surface area contributed by atoms with Crippen molar-refractivity contribution in [3.05, 3.63) is 62.7 Å². The van der Waals surface area contributed by atoms with Crippen LogP contribution in [0.5, 0.6) is 0 Å². The van der Waals surface area contributed by atoms with E-state index in [4.69, 9.17) is 5.10 Å². The first-order chi connectivity index (χ1) is 10.8. The average Bonchev–Trinajstić information content (AvgIpc) is 3.26. The molecular formula is C16H15N3S3. The molecule has 0 N–H and O–H groups in total. The molecule has 112 valence electrons. The van der Waals surface area contributed by atoms with E-state index in [1.54, 1.807) is 40.1 Å². The highest BCUT2D eigenvalue weighted by Gasteiger charge is 2.09. The number of thiazole rings is 1. The van der Waals surface area contributed by atoms with Crippen molar-refractivity contribution in [3.63, 3.8) is 0 Å². The lowest BCUT2D eigenvalue weighted by atomic mass is 10.3. The molecule has 0 aliphatic rings. The summed E-state index contributed by atoms with van der Waals surface area (Å²) in [6.07, 6.45) is 1.80. The van der Waals surface area contributed by atoms with E-state index in [1.165, 1.54) is 9.75 Å². The molecule has 3 heterocycles. The summed E-state index contributed by atoms with van der Waals surface area (Å²) in [7, 11) is 0. The lowest BCUT2D eigenvalue weighted by Gasteiger charge is -2.03. The maximum absolute atomic E-state index is 4.80. The minimum atomic E-state index is 0.595. The molecule has 0 atom stereocenters. The van der Waals surface area contributed by atoms with Crippen LogP contribution in [0.1, 0.15) is 11.8 Å². The molecule has 0 aliphatic carbocycles. The van der Waals surface area contributed by atoms with Crippen LogP contribution in [0.25, 0.3) is 10.6 Å². The van der Waals surface area contributed by atoms with Gasteiger partial charge in [0.15, 0.2) is 0 Å². The Bertz CT molecular complexity index is 834. The van der Waals surface area contributed by atoms with Crippen LogP contribution in [0.3, 0.4) is 0 Å². The zero-order chi connectivity index (χ0) is 15.4. The molecule has 0 aromatic carbocycles. The predicted octanol–water partition coefficient (Wildman–Crippen LogP) is 4.70. The van der Waals surface area contributed by atoms with E-state index >= 15 is 0 Å². The van der Waals surface area contributed by atoms with E-state index < -0.39 is 0 Å². The number of nitrogens with zero attached hydrogens (tertiary/aromatic N) is 3. The first kappa shape index (κ1) is 15.1. The molecule has 3 rings (SSSR count). The molecule has 0 saturated heterocycles. The van der Waals surface area contributed by atoms with E-state index in [0.717, 1.165) is 16.2 Å². The maximum Gasteiger partial charge on any atom is 0.206 e. The quantitative estimate of drug-likeness (QED) is 0.474. The summed E-state index contributed by atoms with van der Waals surface area (Å²) < 4.78 is 1.94. The lowest BCUT2D eigenvalue weighted by Crippen LogP contribution is -2.14. The summed E-state index contributed by atoms with van der Waals surface area (Å²) in [6, 6.07) is 8.29. The molecule has 3 aromatic rings. The van der Waals surface area contributed by atoms with Gasteiger partial charge in [-0.1, -0.05) is 18.2 Å². The van der Waals surface area contributed by atoms with Crippen LogP contribution >= 0.6 is 34.0 Å². The number of thiophene rings is 2. The second-order valence-corrected chi connectivity index (χ2v) is 7.22. The molecule has 0 amide bonds. The topological polar surface area (TPSA) is 29.6 Å². The molecule has 3 nitrogen and oxygen atoms in total. The predicted molar refractivity (Wildman–Crippen MR) is 98.2 cm³/mol. The van der Waals surface area contributed by atoms with Crippen molar-refractivity contribution in [2.45, 2.75) is 6.92 Å². The lowest BCUT2D eigenvalue weighted by molar-refractivity contribution is 0.836. The summed E-state index contributed by atoms with van der Waals surface area (Å²) in [4.78, 5) is 7.81. The normalized spacial score (nSPS) is 12.8. The highest BCUT2D eigenvalue weighted by atomic mass is 32.1. The van der Waals surface area contributed by atoms with Crippen LogP contribution in [0, 0.1) is 0 Å². The number of hydrogen-bond donors (Lipinski definition) is 0. The van der Waals surface area contributed by atoms with E-state index in [1.807, 2.05) is 17.7 Å². The van der Waals surface area contributed by atoms with Gasteiger partial charge in [-0.15, -0.1) is 40.6 Å². The Kier molecular flexibility index (Phi) is 4.82. The SMILES string of the molecule is C=CCN=c1scc(-c2cccs2)n1N=C(C)c1cccs1. The third-order valence-corrected chi connectivity index (χ3v) is 5.67. The van der Waals surface area contributed by atoms with E-state index in [-0.39, 0.29) is 0 Å². The minimum Gasteiger partial charge on any atom is -0.253 e. The molecule has 0 fully saturated rings. The van der Waals surface area contributed by atoms with Gasteiger partial charge in [-0.2, -0.15) is 5.10 Å². The highest BCUT2D eigenvalue weighted by Crippen LogP contribution is 2.25. The van der Waals surface area contributed by atoms with Gasteiger partial charge in [0.05, 0.1) is 27.7 Å². The average molecular weight is 346 g/mol. The van der Waals surface area contributed by atoms with E-state index in [9.17, 15) is 0 Å². The van der Waals surface area contributed by atoms with Crippen molar-refractivity contribution in [3.8, 4) is 10.6 Å². The summed E-state index contributed by atoms with van der Waals surface area (Å²) in [5.74, 6) is 0. The Labute approximate surface area is 141 Å². The van der Waals surface area contributed by atoms with Crippen LogP contribution in [-0.4, -0.2) is 16.9 Å². The van der Waals surface area contributed by atoms with Gasteiger partial charge >= 0.3 is 0 Å². The summed E-state index contributed by atoms with van der Waals surface area (Å²) in [6.45, 7) is 6.36. The Hall–Kier alpha value is -1.76. The fraction of sp³-hybridized carbons (Fsp3) is 0.125. The first-order valence-electron chi connectivity index (χ1n) is 6.75. The van der Waals surface area contributed by atoms with Crippen molar-refractivity contribution < 1.29 is 0 Å². The van der Waals surface area contributed by atoms with Crippen LogP contribution in [0.2, 0.25) is 0 Å². The number of hydrogen-bond acceptors (Lipinski definition) is 5. The van der Waals surface area contributed by atoms with Crippen molar-refractivity contribution in [1.29, 1.82) is 0 Å². The Morgan fingerprint density at radius 2 is 2.05 bits per heavy atom. The van der Waals surface area contributed by atoms with E-state index in [0.29, 0.717) is 6.54 Å². The third kappa shape index (κ3) is 3.19. The van der Waals surface area contributed by atoms with Crippen molar-refractivity contribution >= 4 is 39.7 Å². The summed E-state index contributed by atoms with van der Waals surface area (Å²) >= 11 is 5.01. The van der Waals surface area contributed by atoms with Crippen molar-refractivity contribution in [2.24, 2.45) is 10.1 Å². The summed E-state index contributed by atoms with van der Waals surface area (Å²) in [5.41, 5.74) is 2.07. The van der Waals surface area contributed by atoms with Crippen molar-refractivity contribution in [2.75, 3.05) is 6.54 Å². The second-order valence-electron chi connectivity index (χ2n) is 4.48. The Balaban J connectivity index is 2.13. The van der Waals surface area contributed by atoms with Crippen LogP contribution in [-0.2, 0) is 0 Å². The van der Waals surface area contributed by atoms with Gasteiger partial charge < -0.3 is 0 Å². The molecule has 0 bridgehead atoms. The maximum atomic E-state index is 4.80. The minimum absolute atomic E-state index is 0.595. The van der Waals surface area contributed by atoms with Gasteiger partial charge in [-0.25, -0.2) is 4.68 Å². The molecule has 6 heteroatoms. The molecule has 0 radical (unpaired) electrons. The zero-order valence-electron chi connectivity index (χ0n) is 12.1. The van der Waals surface area contributed by atoms with Gasteiger partial charge in [0.1, 0.15) is 0 Å². The molecule has 22 heavy (non-hydrogen) atoms. The molecular weight excluding hydrogens is 330 g/mol. The smallest absolute Gasteiger partial charge is 0.206 e. The fourth-order valence-corrected chi connectivity index (χ4v) is 4.23. The molecule has 3 aromatic heterocycles. The summed E-state index contributed by atoms with van der Waals surface area (Å²) in [5, 5.41) is 11.1. The van der Waals surface area contributed by atoms with Gasteiger partial charge in [-0.3, -0.25) is 4.99 Å². The number of rotatable bonds is 5. The molecule has 0 saturated carbocycles. The Morgan fingerprint density at radius 3 is 2.73 bits per heavy atom. The molecule has 0 spiro atoms. The monoisotopic (exact) mass is 345 g/mol. The third-order valence-electron chi connectivity index (χ3n) is 2.94. The fourth-order valence-electron chi connectivity index (χ4n) is 1.93. The van der Waals surface area contributed by atoms with Crippen LogP contribution < -0.4 is 4.80 Å². The van der Waals surface area contributed by atoms with E-state index in [2.05, 4.69) is 45.9 Å². The number of aromatic nitrogens is 1. The van der Waals surface area contributed by atoms with Gasteiger partial charge in [0.2, 0.25) is 4.80 Å². The van der Waals surface area contributed by atoms with Gasteiger partial charge in [-0.05, 0) is 29.8 Å². The standard InChI is InChI=1S/C16H15N3S3/c1-3-8-17-16-19(18-12(2)14-6-4-9-20-14)13(11-22-16)15-7-5-10-21-15/h3-7,9-11H,1,8H2,2H3. The largest absolute Gasteiger partial charge is 0.253 e. The van der Waals surface area contributed by atoms with Gasteiger partial charge in [0.25, 0.3) is 0 Å². The van der Waals surface area contributed by atoms with Crippen LogP contribution in [0.15, 0.2) is 63.2 Å². The highest BCUT2D eigenvalue weighted by molar-refractivity contribution is 7.14. The van der Waals surface area contributed by atoms with Crippen molar-refractivity contribution in [1.82, 2.24) is 4.68 Å². The van der Waals surface area contributed by atoms with Crippen LogP contribution in [0.4, 0.5) is 0 Å². The molecule has 0 unspecified atom stereocenters. The zero-order valence-corrected chi connectivity index (χ0v) is 14.5. The first-order valence-corrected chi connectivity index (χ1v) is 9.38. The second kappa shape index (κ2) is 7.00. The Morgan fingerprint density at radius 1 is 1.23 bits per heavy atom. The van der Waals surface area contributed by atoms with Gasteiger partial charge in [0, 0.05) is 5.38 Å².